The Morgan fingerprint density at radius 1 is 1.35 bits per heavy atom. The Balaban J connectivity index is 1.94. The summed E-state index contributed by atoms with van der Waals surface area (Å²) in [4.78, 5) is 4.26. The van der Waals surface area contributed by atoms with Gasteiger partial charge in [0.05, 0.1) is 5.52 Å². The number of nitrogens with one attached hydrogen (secondary N) is 1. The lowest BCUT2D eigenvalue weighted by molar-refractivity contribution is 0.271. The predicted octanol–water partition coefficient (Wildman–Crippen LogP) is 3.00. The molecular weight excluding hydrogens is 215 g/mol. The van der Waals surface area contributed by atoms with Gasteiger partial charge in [-0.1, -0.05) is 18.2 Å². The molecule has 1 N–H and O–H groups in total. The fourth-order valence-corrected chi connectivity index (χ4v) is 2.45. The van der Waals surface area contributed by atoms with Crippen LogP contribution in [0, 0.1) is 0 Å². The zero-order chi connectivity index (χ0) is 11.7. The van der Waals surface area contributed by atoms with Crippen LogP contribution in [0.15, 0.2) is 36.5 Å². The molecule has 17 heavy (non-hydrogen) atoms. The van der Waals surface area contributed by atoms with Crippen molar-refractivity contribution in [3.63, 3.8) is 0 Å². The largest absolute Gasteiger partial charge is 0.311 e. The number of benzene rings is 1. The minimum absolute atomic E-state index is 0.0313. The molecule has 0 bridgehead atoms. The Bertz CT molecular complexity index is 520. The molecule has 1 aromatic heterocycles. The topological polar surface area (TPSA) is 24.9 Å². The number of alkyl halides is 1. The molecule has 2 atom stereocenters. The molecule has 0 radical (unpaired) electrons. The summed E-state index contributed by atoms with van der Waals surface area (Å²) in [5, 5.41) is 4.27. The van der Waals surface area contributed by atoms with E-state index in [2.05, 4.69) is 10.3 Å². The molecule has 1 aliphatic heterocycles. The maximum atomic E-state index is 14.3. The maximum Gasteiger partial charge on any atom is 0.140 e. The van der Waals surface area contributed by atoms with Crippen LogP contribution in [0.1, 0.15) is 24.6 Å². The first-order valence-electron chi connectivity index (χ1n) is 6.07. The predicted molar refractivity (Wildman–Crippen MR) is 66.6 cm³/mol. The lowest BCUT2D eigenvalue weighted by Gasteiger charge is -2.16. The van der Waals surface area contributed by atoms with E-state index in [0.717, 1.165) is 35.9 Å². The van der Waals surface area contributed by atoms with Crippen molar-refractivity contribution in [1.82, 2.24) is 10.3 Å². The van der Waals surface area contributed by atoms with Crippen molar-refractivity contribution in [3.05, 3.63) is 42.1 Å². The summed E-state index contributed by atoms with van der Waals surface area (Å²) in [6.07, 6.45) is 2.80. The van der Waals surface area contributed by atoms with Crippen molar-refractivity contribution in [3.8, 4) is 0 Å². The number of halogens is 1. The Morgan fingerprint density at radius 3 is 3.12 bits per heavy atom. The van der Waals surface area contributed by atoms with Gasteiger partial charge in [-0.15, -0.1) is 0 Å². The van der Waals surface area contributed by atoms with E-state index in [1.165, 1.54) is 0 Å². The second kappa shape index (κ2) is 4.41. The summed E-state index contributed by atoms with van der Waals surface area (Å²) >= 11 is 0. The smallest absolute Gasteiger partial charge is 0.140 e. The van der Waals surface area contributed by atoms with Crippen LogP contribution in [0.3, 0.4) is 0 Å². The van der Waals surface area contributed by atoms with Crippen LogP contribution >= 0.6 is 0 Å². The van der Waals surface area contributed by atoms with Crippen LogP contribution in [0.2, 0.25) is 0 Å². The summed E-state index contributed by atoms with van der Waals surface area (Å²) in [6.45, 7) is 0.927. The molecule has 2 unspecified atom stereocenters. The molecule has 0 spiro atoms. The summed E-state index contributed by atoms with van der Waals surface area (Å²) < 4.78 is 14.3. The maximum absolute atomic E-state index is 14.3. The number of hydrogen-bond donors (Lipinski definition) is 1. The van der Waals surface area contributed by atoms with E-state index >= 15 is 0 Å². The highest BCUT2D eigenvalue weighted by Crippen LogP contribution is 2.28. The average molecular weight is 230 g/mol. The van der Waals surface area contributed by atoms with E-state index in [4.69, 9.17) is 0 Å². The average Bonchev–Trinajstić information content (AvgIpc) is 2.91. The normalized spacial score (nSPS) is 21.8. The van der Waals surface area contributed by atoms with Gasteiger partial charge in [0.15, 0.2) is 0 Å². The number of rotatable bonds is 2. The molecule has 1 aromatic carbocycles. The molecule has 2 nitrogen and oxygen atoms in total. The van der Waals surface area contributed by atoms with Crippen LogP contribution in [0.4, 0.5) is 4.39 Å². The molecule has 0 aliphatic carbocycles. The molecule has 1 aliphatic rings. The van der Waals surface area contributed by atoms with Crippen LogP contribution in [-0.2, 0) is 0 Å². The quantitative estimate of drug-likeness (QED) is 0.857. The van der Waals surface area contributed by atoms with E-state index < -0.39 is 6.17 Å². The van der Waals surface area contributed by atoms with Crippen molar-refractivity contribution in [1.29, 1.82) is 0 Å². The van der Waals surface area contributed by atoms with E-state index in [-0.39, 0.29) is 6.04 Å². The van der Waals surface area contributed by atoms with Crippen molar-refractivity contribution in [2.75, 3.05) is 6.54 Å². The first kappa shape index (κ1) is 10.7. The molecule has 2 aromatic rings. The fourth-order valence-electron chi connectivity index (χ4n) is 2.45. The van der Waals surface area contributed by atoms with Gasteiger partial charge in [-0.2, -0.15) is 0 Å². The number of aromatic nitrogens is 1. The molecule has 0 amide bonds. The van der Waals surface area contributed by atoms with Crippen molar-refractivity contribution >= 4 is 10.9 Å². The number of nitrogens with zero attached hydrogens (tertiary/aromatic N) is 1. The summed E-state index contributed by atoms with van der Waals surface area (Å²) in [5.41, 5.74) is 1.60. The monoisotopic (exact) mass is 230 g/mol. The first-order chi connectivity index (χ1) is 8.34. The zero-order valence-electron chi connectivity index (χ0n) is 9.57. The van der Waals surface area contributed by atoms with Gasteiger partial charge in [0.25, 0.3) is 0 Å². The number of hydrogen-bond acceptors (Lipinski definition) is 2. The molecule has 0 saturated carbocycles. The van der Waals surface area contributed by atoms with Crippen LogP contribution < -0.4 is 5.32 Å². The highest BCUT2D eigenvalue weighted by molar-refractivity contribution is 5.78. The van der Waals surface area contributed by atoms with E-state index in [0.29, 0.717) is 0 Å². The minimum Gasteiger partial charge on any atom is -0.311 e. The Morgan fingerprint density at radius 2 is 2.29 bits per heavy atom. The first-order valence-corrected chi connectivity index (χ1v) is 6.07. The highest BCUT2D eigenvalue weighted by Gasteiger charge is 2.25. The molecule has 2 heterocycles. The lowest BCUT2D eigenvalue weighted by atomic mass is 10.0. The van der Waals surface area contributed by atoms with Gasteiger partial charge in [0.1, 0.15) is 6.17 Å². The van der Waals surface area contributed by atoms with Gasteiger partial charge in [-0.25, -0.2) is 4.39 Å². The van der Waals surface area contributed by atoms with Crippen LogP contribution in [-0.4, -0.2) is 17.6 Å². The van der Waals surface area contributed by atoms with Crippen molar-refractivity contribution in [2.24, 2.45) is 0 Å². The van der Waals surface area contributed by atoms with Crippen molar-refractivity contribution in [2.45, 2.75) is 25.1 Å². The third-order valence-corrected chi connectivity index (χ3v) is 3.40. The SMILES string of the molecule is FC(c1ccc2cccnc2c1)C1CCCN1. The van der Waals surface area contributed by atoms with Gasteiger partial charge in [0, 0.05) is 17.6 Å². The molecular formula is C14H15FN2. The molecule has 1 saturated heterocycles. The molecule has 88 valence electrons. The minimum atomic E-state index is -0.927. The molecule has 3 heteroatoms. The third-order valence-electron chi connectivity index (χ3n) is 3.40. The second-order valence-electron chi connectivity index (χ2n) is 4.56. The fraction of sp³-hybridized carbons (Fsp3) is 0.357. The summed E-state index contributed by atoms with van der Waals surface area (Å²) in [7, 11) is 0. The summed E-state index contributed by atoms with van der Waals surface area (Å²) in [5.74, 6) is 0. The van der Waals surface area contributed by atoms with E-state index in [1.54, 1.807) is 6.20 Å². The summed E-state index contributed by atoms with van der Waals surface area (Å²) in [6, 6.07) is 9.53. The zero-order valence-corrected chi connectivity index (χ0v) is 9.57. The van der Waals surface area contributed by atoms with Gasteiger partial charge in [-0.05, 0) is 37.1 Å². The highest BCUT2D eigenvalue weighted by atomic mass is 19.1. The van der Waals surface area contributed by atoms with E-state index in [1.807, 2.05) is 30.3 Å². The van der Waals surface area contributed by atoms with Crippen LogP contribution in [0.5, 0.6) is 0 Å². The number of fused-ring (bicyclic) bond motifs is 1. The Hall–Kier alpha value is -1.48. The van der Waals surface area contributed by atoms with E-state index in [9.17, 15) is 4.39 Å². The second-order valence-corrected chi connectivity index (χ2v) is 4.56. The van der Waals surface area contributed by atoms with Gasteiger partial charge in [0.2, 0.25) is 0 Å². The van der Waals surface area contributed by atoms with Gasteiger partial charge >= 0.3 is 0 Å². The lowest BCUT2D eigenvalue weighted by Crippen LogP contribution is -2.26. The van der Waals surface area contributed by atoms with Gasteiger partial charge < -0.3 is 5.32 Å². The third kappa shape index (κ3) is 2.03. The van der Waals surface area contributed by atoms with Gasteiger partial charge in [-0.3, -0.25) is 4.98 Å². The standard InChI is InChI=1S/C14H15FN2/c15-14(12-4-2-8-16-12)11-6-5-10-3-1-7-17-13(10)9-11/h1,3,5-7,9,12,14,16H,2,4,8H2. The molecule has 3 rings (SSSR count). The molecule has 1 fully saturated rings. The van der Waals surface area contributed by atoms with Crippen molar-refractivity contribution < 1.29 is 4.39 Å². The Kier molecular flexibility index (Phi) is 2.77. The number of pyridine rings is 1. The Labute approximate surface area is 99.9 Å². The van der Waals surface area contributed by atoms with Crippen LogP contribution in [0.25, 0.3) is 10.9 Å².